The highest BCUT2D eigenvalue weighted by Crippen LogP contribution is 2.41. The molecule has 3 N–H and O–H groups in total. The van der Waals surface area contributed by atoms with Crippen LogP contribution in [0.1, 0.15) is 27.0 Å². The van der Waals surface area contributed by atoms with E-state index in [9.17, 15) is 19.2 Å². The van der Waals surface area contributed by atoms with Crippen molar-refractivity contribution in [3.8, 4) is 17.2 Å². The maximum Gasteiger partial charge on any atom is 0.338 e. The first kappa shape index (κ1) is 23.7. The smallest absolute Gasteiger partial charge is 0.338 e. The first-order valence-corrected chi connectivity index (χ1v) is 12.5. The summed E-state index contributed by atoms with van der Waals surface area (Å²) in [5.74, 6) is -1.15. The zero-order valence-electron chi connectivity index (χ0n) is 16.3. The second kappa shape index (κ2) is 10.1. The first-order chi connectivity index (χ1) is 14.6. The number of carboxylic acid groups (broad SMARTS) is 1. The lowest BCUT2D eigenvalue weighted by Gasteiger charge is -2.14. The van der Waals surface area contributed by atoms with Crippen molar-refractivity contribution < 1.29 is 29.0 Å². The fraction of sp³-hybridized carbons (Fsp3) is 0.136. The molecular formula is C22H18Br2FO5P. The van der Waals surface area contributed by atoms with E-state index < -0.39 is 25.5 Å². The standard InChI is InChI=1S/C22H18Br2FO5P/c1-31(29)11-13-7-17(23)21(18(24)8-13)30-15-3-5-20(26)14(10-15)6-12-2-4-16(22(27)28)19(25)9-12/h2-5,7-10,26,29H,6,11H2,1H3,(H,27,28). The van der Waals surface area contributed by atoms with Gasteiger partial charge >= 0.3 is 5.97 Å². The molecule has 162 valence electrons. The minimum absolute atomic E-state index is 0.0165. The fourth-order valence-corrected chi connectivity index (χ4v) is 5.17. The molecule has 0 saturated heterocycles. The molecular weight excluding hydrogens is 554 g/mol. The van der Waals surface area contributed by atoms with Crippen molar-refractivity contribution in [3.05, 3.63) is 85.5 Å². The fourth-order valence-electron chi connectivity index (χ4n) is 3.01. The van der Waals surface area contributed by atoms with Gasteiger partial charge in [0.15, 0.2) is 5.75 Å². The lowest BCUT2D eigenvalue weighted by atomic mass is 10.0. The van der Waals surface area contributed by atoms with Gasteiger partial charge in [-0.3, -0.25) is 0 Å². The number of aromatic carboxylic acids is 1. The van der Waals surface area contributed by atoms with Gasteiger partial charge in [-0.15, -0.1) is 0 Å². The third-order valence-corrected chi connectivity index (χ3v) is 6.40. The first-order valence-electron chi connectivity index (χ1n) is 9.03. The molecule has 0 aliphatic rings. The van der Waals surface area contributed by atoms with E-state index in [1.807, 2.05) is 12.1 Å². The highest BCUT2D eigenvalue weighted by molar-refractivity contribution is 9.11. The Balaban J connectivity index is 1.85. The molecule has 3 rings (SSSR count). The van der Waals surface area contributed by atoms with E-state index in [1.165, 1.54) is 18.2 Å². The maximum atomic E-state index is 14.0. The second-order valence-electron chi connectivity index (χ2n) is 6.89. The number of carbonyl (C=O) groups is 1. The van der Waals surface area contributed by atoms with Crippen molar-refractivity contribution in [1.82, 2.24) is 0 Å². The number of halogens is 3. The summed E-state index contributed by atoms with van der Waals surface area (Å²) in [6.07, 6.45) is 0.755. The zero-order valence-corrected chi connectivity index (χ0v) is 20.3. The average Bonchev–Trinajstić information content (AvgIpc) is 2.66. The van der Waals surface area contributed by atoms with Gasteiger partial charge in [-0.05, 0) is 92.1 Å². The van der Waals surface area contributed by atoms with Crippen LogP contribution in [-0.4, -0.2) is 27.7 Å². The van der Waals surface area contributed by atoms with Gasteiger partial charge in [-0.2, -0.15) is 0 Å². The number of aromatic hydroxyl groups is 1. The highest BCUT2D eigenvalue weighted by Gasteiger charge is 2.14. The molecule has 0 bridgehead atoms. The molecule has 0 fully saturated rings. The van der Waals surface area contributed by atoms with E-state index in [0.717, 1.165) is 11.6 Å². The summed E-state index contributed by atoms with van der Waals surface area (Å²) in [5, 5.41) is 19.2. The van der Waals surface area contributed by atoms with Crippen LogP contribution < -0.4 is 4.74 Å². The SMILES string of the molecule is CP(O)Cc1cc(Br)c(Oc2ccc(O)c(Cc3ccc(C(=O)O)c(F)c3)c2)c(Br)c1. The molecule has 1 atom stereocenters. The summed E-state index contributed by atoms with van der Waals surface area (Å²) in [6, 6.07) is 12.4. The molecule has 0 amide bonds. The van der Waals surface area contributed by atoms with Crippen LogP contribution >= 0.6 is 40.0 Å². The van der Waals surface area contributed by atoms with Gasteiger partial charge in [0.05, 0.1) is 14.5 Å². The Morgan fingerprint density at radius 1 is 1.06 bits per heavy atom. The van der Waals surface area contributed by atoms with Crippen molar-refractivity contribution in [2.75, 3.05) is 6.66 Å². The third-order valence-electron chi connectivity index (χ3n) is 4.40. The van der Waals surface area contributed by atoms with Crippen molar-refractivity contribution >= 4 is 46.0 Å². The van der Waals surface area contributed by atoms with E-state index in [4.69, 9.17) is 9.84 Å². The number of phenols is 1. The molecule has 3 aromatic carbocycles. The Hall–Kier alpha value is -1.99. The lowest BCUT2D eigenvalue weighted by Crippen LogP contribution is -2.01. The molecule has 1 unspecified atom stereocenters. The topological polar surface area (TPSA) is 87.0 Å². The number of hydrogen-bond donors (Lipinski definition) is 3. The van der Waals surface area contributed by atoms with E-state index in [-0.39, 0.29) is 12.2 Å². The molecule has 0 aliphatic heterocycles. The van der Waals surface area contributed by atoms with Crippen LogP contribution in [0.3, 0.4) is 0 Å². The normalized spacial score (nSPS) is 11.9. The number of ether oxygens (including phenoxy) is 1. The van der Waals surface area contributed by atoms with Crippen LogP contribution in [0, 0.1) is 5.82 Å². The molecule has 0 radical (unpaired) electrons. The van der Waals surface area contributed by atoms with Crippen molar-refractivity contribution in [2.24, 2.45) is 0 Å². The summed E-state index contributed by atoms with van der Waals surface area (Å²) < 4.78 is 21.4. The summed E-state index contributed by atoms with van der Waals surface area (Å²) in [4.78, 5) is 20.6. The molecule has 0 heterocycles. The minimum Gasteiger partial charge on any atom is -0.508 e. The quantitative estimate of drug-likeness (QED) is 0.276. The van der Waals surface area contributed by atoms with Gasteiger partial charge in [0.1, 0.15) is 17.3 Å². The molecule has 0 spiro atoms. The maximum absolute atomic E-state index is 14.0. The Morgan fingerprint density at radius 3 is 2.32 bits per heavy atom. The van der Waals surface area contributed by atoms with Gasteiger partial charge in [-0.25, -0.2) is 9.18 Å². The Kier molecular flexibility index (Phi) is 7.70. The summed E-state index contributed by atoms with van der Waals surface area (Å²) in [7, 11) is -1.07. The number of benzene rings is 3. The monoisotopic (exact) mass is 570 g/mol. The Morgan fingerprint density at radius 2 is 1.74 bits per heavy atom. The molecule has 0 aliphatic carbocycles. The number of hydrogen-bond acceptors (Lipinski definition) is 4. The number of phenolic OH excluding ortho intramolecular Hbond substituents is 1. The van der Waals surface area contributed by atoms with Crippen LogP contribution in [0.4, 0.5) is 4.39 Å². The van der Waals surface area contributed by atoms with Crippen LogP contribution in [0.5, 0.6) is 17.2 Å². The molecule has 3 aromatic rings. The minimum atomic E-state index is -1.33. The number of carboxylic acids is 1. The van der Waals surface area contributed by atoms with E-state index >= 15 is 0 Å². The lowest BCUT2D eigenvalue weighted by molar-refractivity contribution is 0.0692. The van der Waals surface area contributed by atoms with Gasteiger partial charge in [0.25, 0.3) is 0 Å². The van der Waals surface area contributed by atoms with Gasteiger partial charge in [0.2, 0.25) is 0 Å². The Bertz CT molecular complexity index is 1110. The molecule has 31 heavy (non-hydrogen) atoms. The van der Waals surface area contributed by atoms with Crippen LogP contribution in [0.25, 0.3) is 0 Å². The van der Waals surface area contributed by atoms with E-state index in [1.54, 1.807) is 18.8 Å². The summed E-state index contributed by atoms with van der Waals surface area (Å²) in [5.41, 5.74) is 1.57. The number of rotatable bonds is 7. The van der Waals surface area contributed by atoms with Gasteiger partial charge in [-0.1, -0.05) is 6.07 Å². The predicted octanol–water partition coefficient (Wildman–Crippen LogP) is 6.66. The molecule has 9 heteroatoms. The van der Waals surface area contributed by atoms with Crippen molar-refractivity contribution in [2.45, 2.75) is 12.6 Å². The highest BCUT2D eigenvalue weighted by atomic mass is 79.9. The average molecular weight is 572 g/mol. The van der Waals surface area contributed by atoms with E-state index in [0.29, 0.717) is 37.7 Å². The second-order valence-corrected chi connectivity index (χ2v) is 10.2. The van der Waals surface area contributed by atoms with E-state index in [2.05, 4.69) is 31.9 Å². The van der Waals surface area contributed by atoms with Gasteiger partial charge in [0, 0.05) is 26.3 Å². The molecule has 0 aromatic heterocycles. The summed E-state index contributed by atoms with van der Waals surface area (Å²) in [6.45, 7) is 1.78. The largest absolute Gasteiger partial charge is 0.508 e. The zero-order chi connectivity index (χ0) is 22.7. The van der Waals surface area contributed by atoms with Gasteiger partial charge < -0.3 is 19.8 Å². The Labute approximate surface area is 196 Å². The van der Waals surface area contributed by atoms with Crippen LogP contribution in [0.2, 0.25) is 0 Å². The van der Waals surface area contributed by atoms with Crippen molar-refractivity contribution in [3.63, 3.8) is 0 Å². The van der Waals surface area contributed by atoms with Crippen molar-refractivity contribution in [1.29, 1.82) is 0 Å². The molecule has 5 nitrogen and oxygen atoms in total. The predicted molar refractivity (Wildman–Crippen MR) is 125 cm³/mol. The van der Waals surface area contributed by atoms with Crippen LogP contribution in [0.15, 0.2) is 57.5 Å². The summed E-state index contributed by atoms with van der Waals surface area (Å²) >= 11 is 6.98. The van der Waals surface area contributed by atoms with Crippen LogP contribution in [-0.2, 0) is 12.6 Å². The molecule has 0 saturated carbocycles. The third kappa shape index (κ3) is 6.04.